The van der Waals surface area contributed by atoms with Gasteiger partial charge >= 0.3 is 0 Å². The van der Waals surface area contributed by atoms with Gasteiger partial charge in [0.15, 0.2) is 0 Å². The second-order valence-electron chi connectivity index (χ2n) is 4.79. The second kappa shape index (κ2) is 5.44. The molecular weight excluding hydrogens is 233 g/mol. The number of rotatable bonds is 2. The number of nitrogens with two attached hydrogens (primary N) is 1. The summed E-state index contributed by atoms with van der Waals surface area (Å²) in [5, 5.41) is 0. The molecule has 18 heavy (non-hydrogen) atoms. The molecule has 0 bridgehead atoms. The molecule has 2 rings (SSSR count). The van der Waals surface area contributed by atoms with E-state index in [1.165, 1.54) is 18.3 Å². The molecule has 4 nitrogen and oxygen atoms in total. The number of carbonyl (C=O) groups is 1. The summed E-state index contributed by atoms with van der Waals surface area (Å²) < 4.78 is 13.0. The minimum atomic E-state index is -0.629. The van der Waals surface area contributed by atoms with Gasteiger partial charge in [-0.2, -0.15) is 4.39 Å². The van der Waals surface area contributed by atoms with Crippen LogP contribution in [-0.4, -0.2) is 34.9 Å². The average Bonchev–Trinajstić information content (AvgIpc) is 2.37. The SMILES string of the molecule is C[C@@H]1CCCN(C(=O)c2ccnc(F)c2)[C@@H]1CN. The molecule has 1 aromatic rings. The normalized spacial score (nSPS) is 24.1. The molecule has 0 unspecified atom stereocenters. The maximum atomic E-state index is 13.0. The third kappa shape index (κ3) is 2.51. The van der Waals surface area contributed by atoms with Gasteiger partial charge in [-0.15, -0.1) is 0 Å². The Morgan fingerprint density at radius 3 is 3.11 bits per heavy atom. The predicted octanol–water partition coefficient (Wildman–Crippen LogP) is 1.42. The van der Waals surface area contributed by atoms with Crippen LogP contribution in [0.2, 0.25) is 0 Å². The molecule has 1 aliphatic heterocycles. The van der Waals surface area contributed by atoms with Crippen molar-refractivity contribution in [3.05, 3.63) is 29.8 Å². The number of halogens is 1. The van der Waals surface area contributed by atoms with Crippen molar-refractivity contribution in [3.8, 4) is 0 Å². The third-order valence-electron chi connectivity index (χ3n) is 3.59. The number of piperidine rings is 1. The molecule has 1 aromatic heterocycles. The molecule has 0 saturated carbocycles. The Labute approximate surface area is 106 Å². The van der Waals surface area contributed by atoms with Crippen molar-refractivity contribution in [2.24, 2.45) is 11.7 Å². The van der Waals surface area contributed by atoms with E-state index in [1.54, 1.807) is 4.90 Å². The van der Waals surface area contributed by atoms with Crippen LogP contribution in [0, 0.1) is 11.9 Å². The molecule has 5 heteroatoms. The van der Waals surface area contributed by atoms with Crippen LogP contribution in [0.4, 0.5) is 4.39 Å². The van der Waals surface area contributed by atoms with Crippen LogP contribution in [0.1, 0.15) is 30.1 Å². The van der Waals surface area contributed by atoms with Crippen LogP contribution in [0.15, 0.2) is 18.3 Å². The molecular formula is C13H18FN3O. The Morgan fingerprint density at radius 1 is 1.67 bits per heavy atom. The lowest BCUT2D eigenvalue weighted by Gasteiger charge is -2.39. The first-order valence-corrected chi connectivity index (χ1v) is 6.26. The van der Waals surface area contributed by atoms with Crippen LogP contribution in [0.5, 0.6) is 0 Å². The molecule has 1 saturated heterocycles. The zero-order valence-electron chi connectivity index (χ0n) is 10.5. The number of hydrogen-bond acceptors (Lipinski definition) is 3. The zero-order valence-corrected chi connectivity index (χ0v) is 10.5. The van der Waals surface area contributed by atoms with E-state index in [0.29, 0.717) is 24.6 Å². The van der Waals surface area contributed by atoms with Gasteiger partial charge in [0.2, 0.25) is 5.95 Å². The first-order valence-electron chi connectivity index (χ1n) is 6.26. The summed E-state index contributed by atoms with van der Waals surface area (Å²) in [4.78, 5) is 17.6. The number of likely N-dealkylation sites (tertiary alicyclic amines) is 1. The number of hydrogen-bond donors (Lipinski definition) is 1. The Morgan fingerprint density at radius 2 is 2.44 bits per heavy atom. The monoisotopic (exact) mass is 251 g/mol. The zero-order chi connectivity index (χ0) is 13.1. The van der Waals surface area contributed by atoms with Gasteiger partial charge in [0.05, 0.1) is 0 Å². The van der Waals surface area contributed by atoms with Gasteiger partial charge in [-0.05, 0) is 24.8 Å². The second-order valence-corrected chi connectivity index (χ2v) is 4.79. The molecule has 1 amide bonds. The Bertz CT molecular complexity index is 438. The minimum Gasteiger partial charge on any atom is -0.334 e. The maximum Gasteiger partial charge on any atom is 0.254 e. The molecule has 1 fully saturated rings. The highest BCUT2D eigenvalue weighted by Gasteiger charge is 2.31. The maximum absolute atomic E-state index is 13.0. The van der Waals surface area contributed by atoms with Crippen molar-refractivity contribution in [3.63, 3.8) is 0 Å². The van der Waals surface area contributed by atoms with E-state index in [1.807, 2.05) is 0 Å². The lowest BCUT2D eigenvalue weighted by atomic mass is 9.90. The number of amides is 1. The predicted molar refractivity (Wildman–Crippen MR) is 66.5 cm³/mol. The van der Waals surface area contributed by atoms with Crippen molar-refractivity contribution in [2.45, 2.75) is 25.8 Å². The van der Waals surface area contributed by atoms with Gasteiger partial charge in [0.1, 0.15) is 0 Å². The Hall–Kier alpha value is -1.49. The van der Waals surface area contributed by atoms with Crippen molar-refractivity contribution in [2.75, 3.05) is 13.1 Å². The standard InChI is InChI=1S/C13H18FN3O/c1-9-3-2-6-17(11(9)8-15)13(18)10-4-5-16-12(14)7-10/h4-5,7,9,11H,2-3,6,8,15H2,1H3/t9-,11-/m1/s1. The highest BCUT2D eigenvalue weighted by molar-refractivity contribution is 5.94. The van der Waals surface area contributed by atoms with Gasteiger partial charge in [-0.25, -0.2) is 4.98 Å². The molecule has 0 spiro atoms. The third-order valence-corrected chi connectivity index (χ3v) is 3.59. The summed E-state index contributed by atoms with van der Waals surface area (Å²) in [6.45, 7) is 3.24. The number of nitrogens with zero attached hydrogens (tertiary/aromatic N) is 2. The van der Waals surface area contributed by atoms with Gasteiger partial charge < -0.3 is 10.6 Å². The van der Waals surface area contributed by atoms with Crippen LogP contribution >= 0.6 is 0 Å². The number of pyridine rings is 1. The van der Waals surface area contributed by atoms with E-state index in [2.05, 4.69) is 11.9 Å². The largest absolute Gasteiger partial charge is 0.334 e. The number of aromatic nitrogens is 1. The highest BCUT2D eigenvalue weighted by atomic mass is 19.1. The molecule has 0 radical (unpaired) electrons. The van der Waals surface area contributed by atoms with Crippen LogP contribution in [0.3, 0.4) is 0 Å². The van der Waals surface area contributed by atoms with Gasteiger partial charge in [-0.3, -0.25) is 4.79 Å². The van der Waals surface area contributed by atoms with Crippen molar-refractivity contribution in [1.29, 1.82) is 0 Å². The molecule has 2 atom stereocenters. The molecule has 1 aliphatic rings. The quantitative estimate of drug-likeness (QED) is 0.809. The molecule has 98 valence electrons. The van der Waals surface area contributed by atoms with E-state index in [9.17, 15) is 9.18 Å². The summed E-state index contributed by atoms with van der Waals surface area (Å²) in [6, 6.07) is 2.76. The fourth-order valence-electron chi connectivity index (χ4n) is 2.56. The van der Waals surface area contributed by atoms with Gasteiger partial charge in [0, 0.05) is 37.0 Å². The first-order chi connectivity index (χ1) is 8.63. The summed E-state index contributed by atoms with van der Waals surface area (Å²) >= 11 is 0. The summed E-state index contributed by atoms with van der Waals surface area (Å²) in [5.74, 6) is -0.395. The van der Waals surface area contributed by atoms with E-state index >= 15 is 0 Å². The Balaban J connectivity index is 2.21. The highest BCUT2D eigenvalue weighted by Crippen LogP contribution is 2.24. The minimum absolute atomic E-state index is 0.0440. The number of carbonyl (C=O) groups excluding carboxylic acids is 1. The summed E-state index contributed by atoms with van der Waals surface area (Å²) in [7, 11) is 0. The van der Waals surface area contributed by atoms with E-state index in [-0.39, 0.29) is 11.9 Å². The molecule has 0 aromatic carbocycles. The van der Waals surface area contributed by atoms with E-state index in [0.717, 1.165) is 12.8 Å². The van der Waals surface area contributed by atoms with Crippen LogP contribution in [0.25, 0.3) is 0 Å². The van der Waals surface area contributed by atoms with Crippen molar-refractivity contribution in [1.82, 2.24) is 9.88 Å². The lowest BCUT2D eigenvalue weighted by Crippen LogP contribution is -2.51. The van der Waals surface area contributed by atoms with Crippen LogP contribution < -0.4 is 5.73 Å². The van der Waals surface area contributed by atoms with Crippen molar-refractivity contribution >= 4 is 5.91 Å². The summed E-state index contributed by atoms with van der Waals surface area (Å²) in [6.07, 6.45) is 3.36. The van der Waals surface area contributed by atoms with E-state index < -0.39 is 5.95 Å². The van der Waals surface area contributed by atoms with Crippen molar-refractivity contribution < 1.29 is 9.18 Å². The van der Waals surface area contributed by atoms with Gasteiger partial charge in [-0.1, -0.05) is 6.92 Å². The fraction of sp³-hybridized carbons (Fsp3) is 0.538. The Kier molecular flexibility index (Phi) is 3.91. The van der Waals surface area contributed by atoms with Gasteiger partial charge in [0.25, 0.3) is 5.91 Å². The fourth-order valence-corrected chi connectivity index (χ4v) is 2.56. The molecule has 2 N–H and O–H groups in total. The van der Waals surface area contributed by atoms with E-state index in [4.69, 9.17) is 5.73 Å². The lowest BCUT2D eigenvalue weighted by molar-refractivity contribution is 0.0532. The molecule has 2 heterocycles. The topological polar surface area (TPSA) is 59.2 Å². The smallest absolute Gasteiger partial charge is 0.254 e. The molecule has 0 aliphatic carbocycles. The van der Waals surface area contributed by atoms with Crippen LogP contribution in [-0.2, 0) is 0 Å². The average molecular weight is 251 g/mol. The summed E-state index contributed by atoms with van der Waals surface area (Å²) in [5.41, 5.74) is 6.09. The first kappa shape index (κ1) is 13.0.